The number of ether oxygens (including phenoxy) is 1. The first-order valence-corrected chi connectivity index (χ1v) is 8.09. The van der Waals surface area contributed by atoms with Gasteiger partial charge in [-0.25, -0.2) is 18.6 Å². The number of benzene rings is 1. The van der Waals surface area contributed by atoms with E-state index >= 15 is 0 Å². The van der Waals surface area contributed by atoms with Crippen LogP contribution in [0.3, 0.4) is 0 Å². The van der Waals surface area contributed by atoms with Gasteiger partial charge in [-0.15, -0.1) is 0 Å². The smallest absolute Gasteiger partial charge is 0.357 e. The number of halogens is 3. The first-order valence-electron chi connectivity index (χ1n) is 7.30. The zero-order chi connectivity index (χ0) is 16.6. The van der Waals surface area contributed by atoms with Gasteiger partial charge in [0.2, 0.25) is 5.92 Å². The van der Waals surface area contributed by atoms with E-state index in [9.17, 15) is 13.6 Å². The predicted molar refractivity (Wildman–Crippen MR) is 84.6 cm³/mol. The highest BCUT2D eigenvalue weighted by Gasteiger charge is 2.47. The average Bonchev–Trinajstić information content (AvgIpc) is 2.90. The normalized spacial score (nSPS) is 16.9. The molecule has 1 N–H and O–H groups in total. The lowest BCUT2D eigenvalue weighted by Gasteiger charge is -2.33. The van der Waals surface area contributed by atoms with Crippen LogP contribution in [-0.4, -0.2) is 28.5 Å². The van der Waals surface area contributed by atoms with Gasteiger partial charge in [0.05, 0.1) is 6.61 Å². The maximum absolute atomic E-state index is 13.1. The van der Waals surface area contributed by atoms with Gasteiger partial charge in [0.1, 0.15) is 11.5 Å². The van der Waals surface area contributed by atoms with E-state index in [4.69, 9.17) is 4.74 Å². The lowest BCUT2D eigenvalue weighted by Crippen LogP contribution is -2.34. The number of hydrogen-bond donors (Lipinski definition) is 1. The molecule has 1 aromatic heterocycles. The third-order valence-corrected chi connectivity index (χ3v) is 4.32. The van der Waals surface area contributed by atoms with Gasteiger partial charge in [0.15, 0.2) is 5.69 Å². The highest BCUT2D eigenvalue weighted by molar-refractivity contribution is 9.10. The molecule has 7 heteroatoms. The molecule has 0 aliphatic heterocycles. The molecule has 0 amide bonds. The fourth-order valence-electron chi connectivity index (χ4n) is 2.61. The molecule has 0 bridgehead atoms. The van der Waals surface area contributed by atoms with E-state index in [-0.39, 0.29) is 31.1 Å². The second kappa shape index (κ2) is 6.03. The Bertz CT molecular complexity index is 720. The minimum Gasteiger partial charge on any atom is -0.461 e. The third-order valence-electron chi connectivity index (χ3n) is 3.80. The number of H-pyrrole nitrogens is 1. The zero-order valence-corrected chi connectivity index (χ0v) is 14.0. The van der Waals surface area contributed by atoms with Gasteiger partial charge in [-0.3, -0.25) is 0 Å². The topological polar surface area (TPSA) is 55.0 Å². The highest BCUT2D eigenvalue weighted by atomic mass is 79.9. The van der Waals surface area contributed by atoms with Crippen LogP contribution in [-0.2, 0) is 4.74 Å². The van der Waals surface area contributed by atoms with E-state index in [0.717, 1.165) is 10.0 Å². The van der Waals surface area contributed by atoms with Crippen LogP contribution in [0.5, 0.6) is 0 Å². The number of aromatic amines is 1. The fourth-order valence-corrected chi connectivity index (χ4v) is 2.87. The summed E-state index contributed by atoms with van der Waals surface area (Å²) in [6, 6.07) is 7.27. The molecule has 2 aromatic rings. The van der Waals surface area contributed by atoms with Crippen LogP contribution in [0.4, 0.5) is 8.78 Å². The van der Waals surface area contributed by atoms with E-state index in [2.05, 4.69) is 25.9 Å². The molecule has 1 aliphatic rings. The molecule has 0 unspecified atom stereocenters. The van der Waals surface area contributed by atoms with Crippen LogP contribution in [0.15, 0.2) is 28.7 Å². The van der Waals surface area contributed by atoms with Gasteiger partial charge in [0, 0.05) is 28.8 Å². The molecule has 1 aromatic carbocycles. The van der Waals surface area contributed by atoms with Crippen molar-refractivity contribution in [3.05, 3.63) is 40.3 Å². The van der Waals surface area contributed by atoms with Crippen LogP contribution >= 0.6 is 15.9 Å². The Morgan fingerprint density at radius 1 is 1.39 bits per heavy atom. The van der Waals surface area contributed by atoms with Crippen LogP contribution in [0, 0.1) is 0 Å². The molecule has 122 valence electrons. The number of alkyl halides is 2. The minimum atomic E-state index is -2.64. The van der Waals surface area contributed by atoms with Crippen molar-refractivity contribution in [1.82, 2.24) is 9.97 Å². The number of nitrogens with one attached hydrogen (secondary N) is 1. The first-order chi connectivity index (χ1) is 10.9. The summed E-state index contributed by atoms with van der Waals surface area (Å²) in [7, 11) is 0. The van der Waals surface area contributed by atoms with Gasteiger partial charge in [-0.2, -0.15) is 0 Å². The quantitative estimate of drug-likeness (QED) is 0.787. The Morgan fingerprint density at radius 2 is 2.04 bits per heavy atom. The van der Waals surface area contributed by atoms with Crippen LogP contribution < -0.4 is 0 Å². The standard InChI is InChI=1S/C16H15BrF2N2O2/c1-2-23-15(22)13-12(9-3-5-11(17)6-4-9)20-14(21-13)10-7-16(18,19)8-10/h3-6,10H,2,7-8H2,1H3,(H,20,21). The molecule has 1 saturated carbocycles. The first kappa shape index (κ1) is 16.1. The molecule has 4 nitrogen and oxygen atoms in total. The number of nitrogens with zero attached hydrogens (tertiary/aromatic N) is 1. The molecule has 0 saturated heterocycles. The van der Waals surface area contributed by atoms with Gasteiger partial charge < -0.3 is 9.72 Å². The highest BCUT2D eigenvalue weighted by Crippen LogP contribution is 2.47. The molecule has 1 fully saturated rings. The summed E-state index contributed by atoms with van der Waals surface area (Å²) in [5.74, 6) is -3.12. The fraction of sp³-hybridized carbons (Fsp3) is 0.375. The summed E-state index contributed by atoms with van der Waals surface area (Å²) in [6.45, 7) is 1.94. The number of rotatable bonds is 4. The van der Waals surface area contributed by atoms with Crippen molar-refractivity contribution in [2.24, 2.45) is 0 Å². The number of carbonyl (C=O) groups excluding carboxylic acids is 1. The number of imidazole rings is 1. The molecule has 1 aliphatic carbocycles. The second-order valence-corrected chi connectivity index (χ2v) is 6.45. The Morgan fingerprint density at radius 3 is 2.61 bits per heavy atom. The van der Waals surface area contributed by atoms with Crippen molar-refractivity contribution in [2.75, 3.05) is 6.61 Å². The van der Waals surface area contributed by atoms with Crippen LogP contribution in [0.25, 0.3) is 11.3 Å². The van der Waals surface area contributed by atoms with E-state index in [1.807, 2.05) is 24.3 Å². The lowest BCUT2D eigenvalue weighted by atomic mass is 9.81. The molecular formula is C16H15BrF2N2O2. The maximum Gasteiger partial charge on any atom is 0.357 e. The van der Waals surface area contributed by atoms with Gasteiger partial charge >= 0.3 is 5.97 Å². The number of hydrogen-bond acceptors (Lipinski definition) is 3. The van der Waals surface area contributed by atoms with Crippen molar-refractivity contribution < 1.29 is 18.3 Å². The number of aromatic nitrogens is 2. The lowest BCUT2D eigenvalue weighted by molar-refractivity contribution is -0.0883. The molecule has 3 rings (SSSR count). The molecule has 0 radical (unpaired) electrons. The number of carbonyl (C=O) groups is 1. The van der Waals surface area contributed by atoms with E-state index < -0.39 is 11.9 Å². The summed E-state index contributed by atoms with van der Waals surface area (Å²) in [5.41, 5.74) is 1.37. The van der Waals surface area contributed by atoms with Gasteiger partial charge in [-0.05, 0) is 19.1 Å². The second-order valence-electron chi connectivity index (χ2n) is 5.53. The number of esters is 1. The molecule has 23 heavy (non-hydrogen) atoms. The predicted octanol–water partition coefficient (Wildman–Crippen LogP) is 4.53. The molecular weight excluding hydrogens is 370 g/mol. The van der Waals surface area contributed by atoms with E-state index in [1.165, 1.54) is 0 Å². The SMILES string of the molecule is CCOC(=O)c1[nH]c(C2CC(F)(F)C2)nc1-c1ccc(Br)cc1. The Kier molecular flexibility index (Phi) is 4.23. The molecule has 0 spiro atoms. The third kappa shape index (κ3) is 3.29. The van der Waals surface area contributed by atoms with E-state index in [1.54, 1.807) is 6.92 Å². The Labute approximate surface area is 140 Å². The summed E-state index contributed by atoms with van der Waals surface area (Å²) in [5, 5.41) is 0. The van der Waals surface area contributed by atoms with Crippen molar-refractivity contribution in [3.8, 4) is 11.3 Å². The Hall–Kier alpha value is -1.76. The van der Waals surface area contributed by atoms with Crippen molar-refractivity contribution in [3.63, 3.8) is 0 Å². The summed E-state index contributed by atoms with van der Waals surface area (Å²) < 4.78 is 32.1. The van der Waals surface area contributed by atoms with Crippen LogP contribution in [0.1, 0.15) is 42.0 Å². The minimum absolute atomic E-state index is 0.208. The van der Waals surface area contributed by atoms with Gasteiger partial charge in [0.25, 0.3) is 0 Å². The summed E-state index contributed by atoms with van der Waals surface area (Å²) in [4.78, 5) is 19.4. The zero-order valence-electron chi connectivity index (χ0n) is 12.4. The van der Waals surface area contributed by atoms with E-state index in [0.29, 0.717) is 11.5 Å². The van der Waals surface area contributed by atoms with Gasteiger partial charge in [-0.1, -0.05) is 28.1 Å². The summed E-state index contributed by atoms with van der Waals surface area (Å²) in [6.07, 6.45) is -0.495. The Balaban J connectivity index is 1.97. The van der Waals surface area contributed by atoms with Crippen molar-refractivity contribution in [1.29, 1.82) is 0 Å². The van der Waals surface area contributed by atoms with Crippen molar-refractivity contribution >= 4 is 21.9 Å². The maximum atomic E-state index is 13.1. The van der Waals surface area contributed by atoms with Crippen molar-refractivity contribution in [2.45, 2.75) is 31.6 Å². The molecule has 1 heterocycles. The average molecular weight is 385 g/mol. The van der Waals surface area contributed by atoms with Crippen LogP contribution in [0.2, 0.25) is 0 Å². The molecule has 0 atom stereocenters. The summed E-state index contributed by atoms with van der Waals surface area (Å²) >= 11 is 3.35. The monoisotopic (exact) mass is 384 g/mol. The largest absolute Gasteiger partial charge is 0.461 e.